The Morgan fingerprint density at radius 3 is 2.02 bits per heavy atom. The molecule has 2 aliphatic rings. The second kappa shape index (κ2) is 11.1. The van der Waals surface area contributed by atoms with Crippen molar-refractivity contribution in [3.63, 3.8) is 0 Å². The van der Waals surface area contributed by atoms with Crippen LogP contribution in [0.25, 0.3) is 0 Å². The molecule has 3 amide bonds. The molecular weight excluding hydrogens is 589 g/mol. The Morgan fingerprint density at radius 2 is 1.55 bits per heavy atom. The number of fused-ring (bicyclic) bond motifs is 1. The molecule has 16 heteroatoms. The Kier molecular flexibility index (Phi) is 8.21. The van der Waals surface area contributed by atoms with Gasteiger partial charge in [0.25, 0.3) is 0 Å². The number of nitrogens with two attached hydrogens (primary N) is 1. The predicted octanol–water partition coefficient (Wildman–Crippen LogP) is 7.39. The summed E-state index contributed by atoms with van der Waals surface area (Å²) in [4.78, 5) is 27.6. The first-order chi connectivity index (χ1) is 19.4. The fourth-order valence-electron chi connectivity index (χ4n) is 5.11. The number of amides is 3. The van der Waals surface area contributed by atoms with Gasteiger partial charge in [-0.2, -0.15) is 26.3 Å². The van der Waals surface area contributed by atoms with E-state index in [1.165, 1.54) is 11.8 Å². The number of halogens is 9. The molecule has 0 spiro atoms. The first kappa shape index (κ1) is 31.1. The van der Waals surface area contributed by atoms with Crippen LogP contribution in [0.2, 0.25) is 0 Å². The lowest BCUT2D eigenvalue weighted by atomic mass is 9.87. The van der Waals surface area contributed by atoms with Gasteiger partial charge in [-0.05, 0) is 74.1 Å². The van der Waals surface area contributed by atoms with Gasteiger partial charge in [-0.3, -0.25) is 4.90 Å². The van der Waals surface area contributed by atoms with Crippen molar-refractivity contribution < 1.29 is 58.6 Å². The zero-order chi connectivity index (χ0) is 31.2. The van der Waals surface area contributed by atoms with Crippen molar-refractivity contribution in [2.24, 2.45) is 11.7 Å². The Morgan fingerprint density at radius 1 is 0.952 bits per heavy atom. The molecule has 0 bridgehead atoms. The molecule has 4 rings (SSSR count). The van der Waals surface area contributed by atoms with Crippen LogP contribution in [0.3, 0.4) is 0 Å². The van der Waals surface area contributed by atoms with Gasteiger partial charge in [0.1, 0.15) is 5.75 Å². The van der Waals surface area contributed by atoms with Gasteiger partial charge in [-0.1, -0.05) is 0 Å². The third kappa shape index (κ3) is 6.95. The van der Waals surface area contributed by atoms with Crippen LogP contribution in [-0.4, -0.2) is 36.0 Å². The first-order valence-corrected chi connectivity index (χ1v) is 12.6. The molecule has 1 saturated carbocycles. The summed E-state index contributed by atoms with van der Waals surface area (Å²) in [5.74, 6) is -0.848. The molecule has 1 fully saturated rings. The number of hydrogen-bond donors (Lipinski definition) is 1. The minimum absolute atomic E-state index is 0.0300. The SMILES string of the molecule is CCOC(=O)N1c2ccc(OC(F)(F)F)cc2[C@H](N(Cc2cc(C(F)(F)F)cc(C(F)(F)F)c2)C(N)=O)C[C@@H]1C1CC1. The number of urea groups is 1. The van der Waals surface area contributed by atoms with E-state index in [0.29, 0.717) is 25.0 Å². The van der Waals surface area contributed by atoms with Gasteiger partial charge >= 0.3 is 30.8 Å². The lowest BCUT2D eigenvalue weighted by molar-refractivity contribution is -0.274. The Bertz CT molecular complexity index is 1310. The van der Waals surface area contributed by atoms with Crippen LogP contribution < -0.4 is 15.4 Å². The van der Waals surface area contributed by atoms with E-state index in [-0.39, 0.29) is 36.3 Å². The van der Waals surface area contributed by atoms with E-state index in [9.17, 15) is 49.1 Å². The molecule has 0 unspecified atom stereocenters. The summed E-state index contributed by atoms with van der Waals surface area (Å²) >= 11 is 0. The molecule has 1 aliphatic heterocycles. The molecule has 2 aromatic rings. The molecule has 1 aliphatic carbocycles. The number of ether oxygens (including phenoxy) is 2. The second-order valence-electron chi connectivity index (χ2n) is 9.87. The molecule has 0 saturated heterocycles. The van der Waals surface area contributed by atoms with Gasteiger partial charge in [0.15, 0.2) is 0 Å². The number of alkyl halides is 9. The number of benzene rings is 2. The quantitative estimate of drug-likeness (QED) is 0.345. The Balaban J connectivity index is 1.84. The zero-order valence-corrected chi connectivity index (χ0v) is 21.7. The van der Waals surface area contributed by atoms with Crippen molar-refractivity contribution in [1.29, 1.82) is 0 Å². The molecule has 0 radical (unpaired) electrons. The summed E-state index contributed by atoms with van der Waals surface area (Å²) in [6, 6.07) is 0.573. The third-order valence-corrected chi connectivity index (χ3v) is 6.94. The van der Waals surface area contributed by atoms with Crippen LogP contribution >= 0.6 is 0 Å². The third-order valence-electron chi connectivity index (χ3n) is 6.94. The average molecular weight is 613 g/mol. The van der Waals surface area contributed by atoms with Crippen LogP contribution in [0.5, 0.6) is 5.75 Å². The first-order valence-electron chi connectivity index (χ1n) is 12.6. The summed E-state index contributed by atoms with van der Waals surface area (Å²) in [5.41, 5.74) is 1.69. The zero-order valence-electron chi connectivity index (χ0n) is 21.7. The Labute approximate surface area is 232 Å². The molecule has 2 aromatic carbocycles. The molecule has 0 aromatic heterocycles. The van der Waals surface area contributed by atoms with Gasteiger partial charge < -0.3 is 20.1 Å². The van der Waals surface area contributed by atoms with E-state index in [4.69, 9.17) is 10.5 Å². The largest absolute Gasteiger partial charge is 0.573 e. The van der Waals surface area contributed by atoms with E-state index in [1.807, 2.05) is 0 Å². The van der Waals surface area contributed by atoms with Crippen molar-refractivity contribution in [2.75, 3.05) is 11.5 Å². The summed E-state index contributed by atoms with van der Waals surface area (Å²) in [6.45, 7) is 0.649. The van der Waals surface area contributed by atoms with Crippen molar-refractivity contribution in [3.05, 3.63) is 58.7 Å². The molecular formula is C26H24F9N3O4. The standard InChI is InChI=1S/C26H24F9N3O4/c1-2-41-23(40)38-19-6-5-17(42-26(33,34)35)10-18(19)21(11-20(38)14-3-4-14)37(22(36)39)12-13-7-15(24(27,28)29)9-16(8-13)25(30,31)32/h5-10,14,20-21H,2-4,11-12H2,1H3,(H2,36,39)/t20-,21-/m1/s1. The monoisotopic (exact) mass is 613 g/mol. The molecule has 2 atom stereocenters. The lowest BCUT2D eigenvalue weighted by Gasteiger charge is -2.44. The summed E-state index contributed by atoms with van der Waals surface area (Å²) in [7, 11) is 0. The van der Waals surface area contributed by atoms with E-state index < -0.39 is 71.9 Å². The number of primary amides is 1. The molecule has 42 heavy (non-hydrogen) atoms. The lowest BCUT2D eigenvalue weighted by Crippen LogP contribution is -2.50. The maximum Gasteiger partial charge on any atom is 0.573 e. The van der Waals surface area contributed by atoms with Gasteiger partial charge in [0, 0.05) is 18.2 Å². The minimum Gasteiger partial charge on any atom is -0.449 e. The number of nitrogens with zero attached hydrogens (tertiary/aromatic N) is 2. The van der Waals surface area contributed by atoms with Crippen molar-refractivity contribution in [2.45, 2.75) is 63.5 Å². The van der Waals surface area contributed by atoms with Crippen LogP contribution in [0.15, 0.2) is 36.4 Å². The van der Waals surface area contributed by atoms with E-state index in [2.05, 4.69) is 4.74 Å². The summed E-state index contributed by atoms with van der Waals surface area (Å²) in [5, 5.41) is 0. The van der Waals surface area contributed by atoms with Crippen molar-refractivity contribution >= 4 is 17.8 Å². The second-order valence-corrected chi connectivity index (χ2v) is 9.87. The van der Waals surface area contributed by atoms with E-state index in [1.54, 1.807) is 0 Å². The highest BCUT2D eigenvalue weighted by molar-refractivity contribution is 5.91. The average Bonchev–Trinajstić information content (AvgIpc) is 3.70. The molecule has 230 valence electrons. The fraction of sp³-hybridized carbons (Fsp3) is 0.462. The molecule has 2 N–H and O–H groups in total. The van der Waals surface area contributed by atoms with E-state index >= 15 is 0 Å². The summed E-state index contributed by atoms with van der Waals surface area (Å²) < 4.78 is 129. The van der Waals surface area contributed by atoms with Crippen molar-refractivity contribution in [3.8, 4) is 5.75 Å². The van der Waals surface area contributed by atoms with Crippen LogP contribution in [-0.2, 0) is 23.6 Å². The highest BCUT2D eigenvalue weighted by Gasteiger charge is 2.47. The van der Waals surface area contributed by atoms with E-state index in [0.717, 1.165) is 23.1 Å². The number of carbonyl (C=O) groups excluding carboxylic acids is 2. The number of carbonyl (C=O) groups is 2. The number of hydrogen-bond acceptors (Lipinski definition) is 4. The predicted molar refractivity (Wildman–Crippen MR) is 128 cm³/mol. The van der Waals surface area contributed by atoms with Crippen LogP contribution in [0.1, 0.15) is 54.5 Å². The van der Waals surface area contributed by atoms with Gasteiger partial charge in [0.05, 0.1) is 29.5 Å². The fourth-order valence-corrected chi connectivity index (χ4v) is 5.11. The van der Waals surface area contributed by atoms with Gasteiger partial charge in [-0.15, -0.1) is 13.2 Å². The smallest absolute Gasteiger partial charge is 0.449 e. The minimum atomic E-state index is -5.16. The normalized spacial score (nSPS) is 19.2. The van der Waals surface area contributed by atoms with Crippen molar-refractivity contribution in [1.82, 2.24) is 4.90 Å². The summed E-state index contributed by atoms with van der Waals surface area (Å²) in [6.07, 6.45) is -15.1. The van der Waals surface area contributed by atoms with Crippen LogP contribution in [0.4, 0.5) is 54.8 Å². The molecule has 1 heterocycles. The van der Waals surface area contributed by atoms with Gasteiger partial charge in [-0.25, -0.2) is 9.59 Å². The topological polar surface area (TPSA) is 85.1 Å². The highest BCUT2D eigenvalue weighted by Crippen LogP contribution is 2.50. The maximum atomic E-state index is 13.5. The van der Waals surface area contributed by atoms with Crippen LogP contribution in [0, 0.1) is 5.92 Å². The van der Waals surface area contributed by atoms with Gasteiger partial charge in [0.2, 0.25) is 0 Å². The number of rotatable bonds is 6. The number of anilines is 1. The highest BCUT2D eigenvalue weighted by atomic mass is 19.4. The Hall–Kier alpha value is -3.85. The molecule has 7 nitrogen and oxygen atoms in total. The maximum absolute atomic E-state index is 13.5.